The number of carboxylic acid groups (broad SMARTS) is 1. The summed E-state index contributed by atoms with van der Waals surface area (Å²) in [5.74, 6) is -0.546. The molecule has 1 aliphatic rings. The number of aromatic amines is 1. The molecule has 0 saturated carbocycles. The van der Waals surface area contributed by atoms with E-state index in [0.717, 1.165) is 50.8 Å². The van der Waals surface area contributed by atoms with E-state index in [1.807, 2.05) is 42.6 Å². The van der Waals surface area contributed by atoms with E-state index in [0.29, 0.717) is 6.54 Å². The SMILES string of the molecule is O=C(O)[C@@H](c1c[nH]c2ccc(Br)cc12)N1CCC[C@H](c2nc3ccccc3s2)C1. The Kier molecular flexibility index (Phi) is 4.89. The quantitative estimate of drug-likeness (QED) is 0.411. The summed E-state index contributed by atoms with van der Waals surface area (Å²) < 4.78 is 2.14. The van der Waals surface area contributed by atoms with Crippen LogP contribution in [-0.4, -0.2) is 39.0 Å². The third kappa shape index (κ3) is 3.47. The van der Waals surface area contributed by atoms with Crippen LogP contribution in [0.15, 0.2) is 53.1 Å². The van der Waals surface area contributed by atoms with E-state index in [1.165, 1.54) is 4.70 Å². The molecule has 5 rings (SSSR count). The molecule has 4 aromatic rings. The summed E-state index contributed by atoms with van der Waals surface area (Å²) in [5, 5.41) is 12.2. The van der Waals surface area contributed by atoms with Gasteiger partial charge in [0.15, 0.2) is 0 Å². The Morgan fingerprint density at radius 3 is 3.00 bits per heavy atom. The molecule has 0 aliphatic carbocycles. The molecular formula is C22H20BrN3O2S. The molecule has 0 bridgehead atoms. The average molecular weight is 470 g/mol. The zero-order valence-electron chi connectivity index (χ0n) is 15.6. The maximum atomic E-state index is 12.3. The first-order valence-corrected chi connectivity index (χ1v) is 11.3. The summed E-state index contributed by atoms with van der Waals surface area (Å²) in [6.45, 7) is 1.48. The van der Waals surface area contributed by atoms with Gasteiger partial charge in [-0.1, -0.05) is 28.1 Å². The number of benzene rings is 2. The summed E-state index contributed by atoms with van der Waals surface area (Å²) in [6, 6.07) is 13.4. The van der Waals surface area contributed by atoms with Gasteiger partial charge in [-0.2, -0.15) is 0 Å². The maximum Gasteiger partial charge on any atom is 0.325 e. The second-order valence-corrected chi connectivity index (χ2v) is 9.51. The Balaban J connectivity index is 1.48. The highest BCUT2D eigenvalue weighted by atomic mass is 79.9. The van der Waals surface area contributed by atoms with Gasteiger partial charge in [0.05, 0.1) is 15.2 Å². The molecule has 2 atom stereocenters. The summed E-state index contributed by atoms with van der Waals surface area (Å²) in [5.41, 5.74) is 2.80. The van der Waals surface area contributed by atoms with Gasteiger partial charge in [-0.15, -0.1) is 11.3 Å². The number of hydrogen-bond acceptors (Lipinski definition) is 4. The van der Waals surface area contributed by atoms with Gasteiger partial charge in [-0.05, 0) is 49.7 Å². The lowest BCUT2D eigenvalue weighted by molar-refractivity contribution is -0.144. The van der Waals surface area contributed by atoms with E-state index < -0.39 is 12.0 Å². The highest BCUT2D eigenvalue weighted by Crippen LogP contribution is 2.37. The van der Waals surface area contributed by atoms with Crippen molar-refractivity contribution in [3.8, 4) is 0 Å². The van der Waals surface area contributed by atoms with Crippen LogP contribution in [0.4, 0.5) is 0 Å². The minimum Gasteiger partial charge on any atom is -0.480 e. The number of rotatable bonds is 4. The number of carboxylic acids is 1. The predicted molar refractivity (Wildman–Crippen MR) is 120 cm³/mol. The van der Waals surface area contributed by atoms with Crippen LogP contribution < -0.4 is 0 Å². The molecular weight excluding hydrogens is 450 g/mol. The molecule has 2 aromatic carbocycles. The van der Waals surface area contributed by atoms with E-state index in [1.54, 1.807) is 11.3 Å². The number of nitrogens with zero attached hydrogens (tertiary/aromatic N) is 2. The Morgan fingerprint density at radius 1 is 1.31 bits per heavy atom. The third-order valence-corrected chi connectivity index (χ3v) is 7.37. The molecule has 1 saturated heterocycles. The van der Waals surface area contributed by atoms with Crippen LogP contribution >= 0.6 is 27.3 Å². The molecule has 2 aromatic heterocycles. The van der Waals surface area contributed by atoms with Gasteiger partial charge in [-0.3, -0.25) is 9.69 Å². The smallest absolute Gasteiger partial charge is 0.325 e. The lowest BCUT2D eigenvalue weighted by Crippen LogP contribution is -2.40. The van der Waals surface area contributed by atoms with Crippen LogP contribution in [0, 0.1) is 0 Å². The summed E-state index contributed by atoms with van der Waals surface area (Å²) in [6.07, 6.45) is 3.86. The van der Waals surface area contributed by atoms with Crippen molar-refractivity contribution in [2.75, 3.05) is 13.1 Å². The van der Waals surface area contributed by atoms with Gasteiger partial charge >= 0.3 is 5.97 Å². The first kappa shape index (κ1) is 18.8. The van der Waals surface area contributed by atoms with Crippen LogP contribution in [0.25, 0.3) is 21.1 Å². The number of carbonyl (C=O) groups is 1. The minimum absolute atomic E-state index is 0.264. The number of hydrogen-bond donors (Lipinski definition) is 2. The second-order valence-electron chi connectivity index (χ2n) is 7.53. The monoisotopic (exact) mass is 469 g/mol. The molecule has 7 heteroatoms. The number of halogens is 1. The average Bonchev–Trinajstić information content (AvgIpc) is 3.32. The van der Waals surface area contributed by atoms with Gasteiger partial charge in [0.25, 0.3) is 0 Å². The van der Waals surface area contributed by atoms with E-state index in [-0.39, 0.29) is 5.92 Å². The molecule has 0 radical (unpaired) electrons. The van der Waals surface area contributed by atoms with Gasteiger partial charge < -0.3 is 10.1 Å². The van der Waals surface area contributed by atoms with Crippen LogP contribution in [-0.2, 0) is 4.79 Å². The van der Waals surface area contributed by atoms with Crippen LogP contribution in [0.1, 0.15) is 35.4 Å². The fourth-order valence-corrected chi connectivity index (χ4v) is 5.79. The van der Waals surface area contributed by atoms with E-state index in [9.17, 15) is 9.90 Å². The Bertz CT molecular complexity index is 1170. The number of para-hydroxylation sites is 1. The van der Waals surface area contributed by atoms with Gasteiger partial charge in [0.1, 0.15) is 6.04 Å². The molecule has 5 nitrogen and oxygen atoms in total. The fourth-order valence-electron chi connectivity index (χ4n) is 4.33. The molecule has 3 heterocycles. The summed E-state index contributed by atoms with van der Waals surface area (Å²) >= 11 is 5.24. The van der Waals surface area contributed by atoms with E-state index >= 15 is 0 Å². The van der Waals surface area contributed by atoms with Gasteiger partial charge in [0.2, 0.25) is 0 Å². The normalized spacial score (nSPS) is 19.0. The number of likely N-dealkylation sites (tertiary alicyclic amines) is 1. The number of thiazole rings is 1. The molecule has 29 heavy (non-hydrogen) atoms. The maximum absolute atomic E-state index is 12.3. The second kappa shape index (κ2) is 7.55. The first-order valence-electron chi connectivity index (χ1n) is 9.69. The van der Waals surface area contributed by atoms with Crippen LogP contribution in [0.3, 0.4) is 0 Å². The topological polar surface area (TPSA) is 69.2 Å². The number of fused-ring (bicyclic) bond motifs is 2. The standard InChI is InChI=1S/C22H20BrN3O2S/c23-14-7-8-17-15(10-14)16(11-24-17)20(22(27)28)26-9-3-4-13(12-26)21-25-18-5-1-2-6-19(18)29-21/h1-2,5-8,10-11,13,20,24H,3-4,9,12H2,(H,27,28)/t13-,20+/m0/s1. The van der Waals surface area contributed by atoms with Crippen molar-refractivity contribution in [3.05, 3.63) is 63.7 Å². The van der Waals surface area contributed by atoms with Crippen molar-refractivity contribution in [2.45, 2.75) is 24.8 Å². The molecule has 1 aliphatic heterocycles. The number of nitrogens with one attached hydrogen (secondary N) is 1. The summed E-state index contributed by atoms with van der Waals surface area (Å²) in [4.78, 5) is 22.5. The molecule has 0 spiro atoms. The Morgan fingerprint density at radius 2 is 2.17 bits per heavy atom. The lowest BCUT2D eigenvalue weighted by Gasteiger charge is -2.35. The van der Waals surface area contributed by atoms with Crippen LogP contribution in [0.5, 0.6) is 0 Å². The molecule has 0 amide bonds. The van der Waals surface area contributed by atoms with Crippen molar-refractivity contribution < 1.29 is 9.90 Å². The lowest BCUT2D eigenvalue weighted by atomic mass is 9.95. The number of piperidine rings is 1. The largest absolute Gasteiger partial charge is 0.480 e. The molecule has 2 N–H and O–H groups in total. The van der Waals surface area contributed by atoms with Crippen LogP contribution in [0.2, 0.25) is 0 Å². The number of aromatic nitrogens is 2. The summed E-state index contributed by atoms with van der Waals surface area (Å²) in [7, 11) is 0. The Hall–Kier alpha value is -2.22. The minimum atomic E-state index is -0.809. The van der Waals surface area contributed by atoms with E-state index in [2.05, 4.69) is 31.9 Å². The third-order valence-electron chi connectivity index (χ3n) is 5.68. The molecule has 148 valence electrons. The van der Waals surface area contributed by atoms with Crippen molar-refractivity contribution in [1.82, 2.24) is 14.9 Å². The molecule has 1 fully saturated rings. The zero-order valence-corrected chi connectivity index (χ0v) is 18.0. The molecule has 0 unspecified atom stereocenters. The van der Waals surface area contributed by atoms with E-state index in [4.69, 9.17) is 4.98 Å². The first-order chi connectivity index (χ1) is 14.1. The van der Waals surface area contributed by atoms with Crippen molar-refractivity contribution in [1.29, 1.82) is 0 Å². The highest BCUT2D eigenvalue weighted by Gasteiger charge is 2.34. The van der Waals surface area contributed by atoms with Gasteiger partial charge in [-0.25, -0.2) is 4.98 Å². The number of H-pyrrole nitrogens is 1. The number of aliphatic carboxylic acids is 1. The fraction of sp³-hybridized carbons (Fsp3) is 0.273. The van der Waals surface area contributed by atoms with Crippen molar-refractivity contribution >= 4 is 54.4 Å². The zero-order chi connectivity index (χ0) is 20.0. The van der Waals surface area contributed by atoms with Crippen molar-refractivity contribution in [3.63, 3.8) is 0 Å². The predicted octanol–water partition coefficient (Wildman–Crippen LogP) is 5.55. The van der Waals surface area contributed by atoms with Gasteiger partial charge in [0, 0.05) is 39.6 Å². The highest BCUT2D eigenvalue weighted by molar-refractivity contribution is 9.10. The Labute approximate surface area is 180 Å². The van der Waals surface area contributed by atoms with Crippen molar-refractivity contribution in [2.24, 2.45) is 0 Å².